The molecule has 7 heteroatoms. The molecule has 1 aliphatic heterocycles. The summed E-state index contributed by atoms with van der Waals surface area (Å²) in [6.45, 7) is 5.38. The van der Waals surface area contributed by atoms with Gasteiger partial charge in [-0.3, -0.25) is 14.3 Å². The maximum absolute atomic E-state index is 11.4. The second-order valence-corrected chi connectivity index (χ2v) is 6.85. The molecular weight excluding hydrogens is 304 g/mol. The predicted octanol–water partition coefficient (Wildman–Crippen LogP) is 1.32. The molecule has 1 atom stereocenters. The van der Waals surface area contributed by atoms with Gasteiger partial charge in [-0.25, -0.2) is 0 Å². The van der Waals surface area contributed by atoms with Crippen molar-refractivity contribution in [2.24, 2.45) is 7.05 Å². The van der Waals surface area contributed by atoms with Crippen molar-refractivity contribution in [2.45, 2.75) is 38.6 Å². The van der Waals surface area contributed by atoms with Crippen LogP contribution in [0.1, 0.15) is 37.0 Å². The van der Waals surface area contributed by atoms with Crippen LogP contribution in [0.2, 0.25) is 0 Å². The number of hydrogen-bond acceptors (Lipinski definition) is 5. The highest BCUT2D eigenvalue weighted by atomic mass is 16.1. The van der Waals surface area contributed by atoms with Crippen LogP contribution in [0.4, 0.5) is 5.95 Å². The third-order valence-corrected chi connectivity index (χ3v) is 4.66. The molecule has 0 aromatic carbocycles. The molecule has 128 valence electrons. The maximum atomic E-state index is 11.4. The lowest BCUT2D eigenvalue weighted by atomic mass is 9.81. The van der Waals surface area contributed by atoms with Crippen molar-refractivity contribution in [3.8, 4) is 0 Å². The first-order chi connectivity index (χ1) is 11.4. The Morgan fingerprint density at radius 3 is 2.83 bits per heavy atom. The molecule has 3 heterocycles. The van der Waals surface area contributed by atoms with Gasteiger partial charge in [0.05, 0.1) is 12.2 Å². The number of pyridine rings is 1. The minimum Gasteiger partial charge on any atom is -0.355 e. The second-order valence-electron chi connectivity index (χ2n) is 6.85. The molecule has 0 aliphatic carbocycles. The van der Waals surface area contributed by atoms with Crippen LogP contribution in [0, 0.1) is 6.92 Å². The maximum Gasteiger partial charge on any atom is 0.227 e. The highest BCUT2D eigenvalue weighted by molar-refractivity contribution is 5.77. The molecule has 1 N–H and O–H groups in total. The number of amides is 1. The van der Waals surface area contributed by atoms with Gasteiger partial charge in [0.15, 0.2) is 0 Å². The number of hydrogen-bond donors (Lipinski definition) is 1. The van der Waals surface area contributed by atoms with E-state index in [1.165, 1.54) is 0 Å². The average Bonchev–Trinajstić information content (AvgIpc) is 2.93. The van der Waals surface area contributed by atoms with Crippen molar-refractivity contribution in [2.75, 3.05) is 18.5 Å². The first-order valence-electron chi connectivity index (χ1n) is 8.19. The van der Waals surface area contributed by atoms with Gasteiger partial charge in [0, 0.05) is 38.2 Å². The first-order valence-corrected chi connectivity index (χ1v) is 8.19. The van der Waals surface area contributed by atoms with Crippen LogP contribution in [0.3, 0.4) is 0 Å². The number of anilines is 1. The van der Waals surface area contributed by atoms with Crippen molar-refractivity contribution >= 4 is 11.9 Å². The highest BCUT2D eigenvalue weighted by Crippen LogP contribution is 2.31. The zero-order valence-electron chi connectivity index (χ0n) is 14.7. The summed E-state index contributed by atoms with van der Waals surface area (Å²) in [4.78, 5) is 18.0. The van der Waals surface area contributed by atoms with Crippen LogP contribution in [0.5, 0.6) is 0 Å². The van der Waals surface area contributed by atoms with Crippen LogP contribution in [-0.2, 0) is 23.8 Å². The molecule has 2 aromatic heterocycles. The highest BCUT2D eigenvalue weighted by Gasteiger charge is 2.36. The summed E-state index contributed by atoms with van der Waals surface area (Å²) in [5, 5.41) is 11.7. The summed E-state index contributed by atoms with van der Waals surface area (Å²) in [6, 6.07) is 6.01. The number of rotatable bonds is 4. The molecule has 0 saturated carbocycles. The van der Waals surface area contributed by atoms with Gasteiger partial charge in [-0.1, -0.05) is 13.0 Å². The molecule has 3 rings (SSSR count). The Morgan fingerprint density at radius 1 is 1.38 bits per heavy atom. The van der Waals surface area contributed by atoms with Crippen LogP contribution >= 0.6 is 0 Å². The second kappa shape index (κ2) is 6.22. The molecule has 1 aliphatic rings. The van der Waals surface area contributed by atoms with Gasteiger partial charge in [0.1, 0.15) is 5.82 Å². The van der Waals surface area contributed by atoms with Gasteiger partial charge in [-0.2, -0.15) is 0 Å². The third kappa shape index (κ3) is 3.11. The molecule has 1 fully saturated rings. The zero-order chi connectivity index (χ0) is 17.3. The largest absolute Gasteiger partial charge is 0.355 e. The molecule has 24 heavy (non-hydrogen) atoms. The predicted molar refractivity (Wildman–Crippen MR) is 91.7 cm³/mol. The van der Waals surface area contributed by atoms with Crippen LogP contribution < -0.4 is 10.2 Å². The summed E-state index contributed by atoms with van der Waals surface area (Å²) < 4.78 is 2.02. The Morgan fingerprint density at radius 2 is 2.17 bits per heavy atom. The first kappa shape index (κ1) is 16.4. The standard InChI is InChI=1S/C17H24N6O/c1-12-6-5-7-13(19-12)10-22(3)16-21-20-15(23(16)4)17(2)9-8-14(24)18-11-17/h5-7H,8-11H2,1-4H3,(H,18,24). The Kier molecular flexibility index (Phi) is 4.26. The molecule has 1 unspecified atom stereocenters. The van der Waals surface area contributed by atoms with Crippen molar-refractivity contribution in [1.82, 2.24) is 25.1 Å². The molecule has 2 aromatic rings. The van der Waals surface area contributed by atoms with E-state index in [1.807, 2.05) is 48.7 Å². The smallest absolute Gasteiger partial charge is 0.227 e. The lowest BCUT2D eigenvalue weighted by molar-refractivity contribution is -0.123. The normalized spacial score (nSPS) is 20.8. The number of aromatic nitrogens is 4. The minimum atomic E-state index is -0.184. The molecular formula is C17H24N6O. The van der Waals surface area contributed by atoms with E-state index in [4.69, 9.17) is 0 Å². The molecule has 0 spiro atoms. The van der Waals surface area contributed by atoms with Gasteiger partial charge in [-0.05, 0) is 25.5 Å². The van der Waals surface area contributed by atoms with Crippen LogP contribution in [0.15, 0.2) is 18.2 Å². The van der Waals surface area contributed by atoms with Crippen molar-refractivity contribution in [3.63, 3.8) is 0 Å². The Bertz CT molecular complexity index is 743. The van der Waals surface area contributed by atoms with Crippen LogP contribution in [-0.4, -0.2) is 39.2 Å². The monoisotopic (exact) mass is 328 g/mol. The van der Waals surface area contributed by atoms with Crippen molar-refractivity contribution in [3.05, 3.63) is 35.4 Å². The van der Waals surface area contributed by atoms with E-state index in [0.717, 1.165) is 29.6 Å². The van der Waals surface area contributed by atoms with Gasteiger partial charge in [-0.15, -0.1) is 10.2 Å². The Balaban J connectivity index is 1.80. The van der Waals surface area contributed by atoms with Gasteiger partial charge >= 0.3 is 0 Å². The number of carbonyl (C=O) groups excluding carboxylic acids is 1. The number of nitrogens with zero attached hydrogens (tertiary/aromatic N) is 5. The molecule has 1 amide bonds. The van der Waals surface area contributed by atoms with Crippen LogP contribution in [0.25, 0.3) is 0 Å². The summed E-state index contributed by atoms with van der Waals surface area (Å²) in [5.41, 5.74) is 1.82. The van der Waals surface area contributed by atoms with Gasteiger partial charge in [0.2, 0.25) is 11.9 Å². The minimum absolute atomic E-state index is 0.109. The third-order valence-electron chi connectivity index (χ3n) is 4.66. The Hall–Kier alpha value is -2.44. The summed E-state index contributed by atoms with van der Waals surface area (Å²) in [6.07, 6.45) is 1.32. The Labute approximate surface area is 142 Å². The van der Waals surface area contributed by atoms with E-state index >= 15 is 0 Å². The number of nitrogens with one attached hydrogen (secondary N) is 1. The fourth-order valence-corrected chi connectivity index (χ4v) is 3.23. The summed E-state index contributed by atoms with van der Waals surface area (Å²) in [7, 11) is 3.97. The van der Waals surface area contributed by atoms with E-state index in [1.54, 1.807) is 0 Å². The summed E-state index contributed by atoms with van der Waals surface area (Å²) in [5.74, 6) is 1.81. The lowest BCUT2D eigenvalue weighted by Gasteiger charge is -2.32. The fraction of sp³-hybridized carbons (Fsp3) is 0.529. The SMILES string of the molecule is Cc1cccc(CN(C)c2nnc(C3(C)CCC(=O)NC3)n2C)n1. The van der Waals surface area contributed by atoms with Gasteiger partial charge in [0.25, 0.3) is 0 Å². The van der Waals surface area contributed by atoms with Gasteiger partial charge < -0.3 is 10.2 Å². The number of carbonyl (C=O) groups is 1. The molecule has 0 bridgehead atoms. The van der Waals surface area contributed by atoms with Crippen molar-refractivity contribution < 1.29 is 4.79 Å². The van der Waals surface area contributed by atoms with E-state index in [9.17, 15) is 4.79 Å². The zero-order valence-corrected chi connectivity index (χ0v) is 14.7. The van der Waals surface area contributed by atoms with E-state index < -0.39 is 0 Å². The van der Waals surface area contributed by atoms with E-state index in [0.29, 0.717) is 19.5 Å². The van der Waals surface area contributed by atoms with E-state index in [2.05, 4.69) is 27.4 Å². The topological polar surface area (TPSA) is 75.9 Å². The summed E-state index contributed by atoms with van der Waals surface area (Å²) >= 11 is 0. The average molecular weight is 328 g/mol. The molecule has 0 radical (unpaired) electrons. The fourth-order valence-electron chi connectivity index (χ4n) is 3.23. The van der Waals surface area contributed by atoms with E-state index in [-0.39, 0.29) is 11.3 Å². The number of aryl methyl sites for hydroxylation is 1. The number of piperidine rings is 1. The molecule has 7 nitrogen and oxygen atoms in total. The quantitative estimate of drug-likeness (QED) is 0.916. The lowest BCUT2D eigenvalue weighted by Crippen LogP contribution is -2.45. The van der Waals surface area contributed by atoms with Crippen molar-refractivity contribution in [1.29, 1.82) is 0 Å². The molecule has 1 saturated heterocycles.